The molecule has 160 valence electrons. The highest BCUT2D eigenvalue weighted by atomic mass is 35.5. The number of pyridine rings is 1. The first-order valence-corrected chi connectivity index (χ1v) is 11.2. The lowest BCUT2D eigenvalue weighted by molar-refractivity contribution is 0.0499. The van der Waals surface area contributed by atoms with E-state index in [2.05, 4.69) is 26.8 Å². The molecule has 3 aromatic rings. The van der Waals surface area contributed by atoms with Crippen molar-refractivity contribution in [3.63, 3.8) is 0 Å². The Bertz CT molecular complexity index is 1040. The lowest BCUT2D eigenvalue weighted by atomic mass is 9.86. The average Bonchev–Trinajstić information content (AvgIpc) is 2.79. The van der Waals surface area contributed by atoms with Crippen molar-refractivity contribution in [3.05, 3.63) is 76.8 Å². The molecule has 0 unspecified atom stereocenters. The van der Waals surface area contributed by atoms with Gasteiger partial charge in [0.1, 0.15) is 0 Å². The number of hydrogen-bond donors (Lipinski definition) is 0. The largest absolute Gasteiger partial charge is 0.335 e. The zero-order valence-electron chi connectivity index (χ0n) is 18.0. The summed E-state index contributed by atoms with van der Waals surface area (Å²) in [7, 11) is 0. The Hall–Kier alpha value is -2.79. The number of nitrogens with zero attached hydrogens (tertiary/aromatic N) is 4. The van der Waals surface area contributed by atoms with E-state index in [1.165, 1.54) is 0 Å². The van der Waals surface area contributed by atoms with Gasteiger partial charge in [0.05, 0.1) is 10.6 Å². The molecule has 0 bridgehead atoms. The summed E-state index contributed by atoms with van der Waals surface area (Å²) in [4.78, 5) is 29.1. The molecule has 6 heteroatoms. The van der Waals surface area contributed by atoms with E-state index in [4.69, 9.17) is 11.6 Å². The van der Waals surface area contributed by atoms with Gasteiger partial charge in [-0.15, -0.1) is 0 Å². The van der Waals surface area contributed by atoms with Gasteiger partial charge < -0.3 is 4.90 Å². The van der Waals surface area contributed by atoms with Crippen molar-refractivity contribution in [2.45, 2.75) is 45.6 Å². The van der Waals surface area contributed by atoms with Crippen LogP contribution in [0.5, 0.6) is 0 Å². The van der Waals surface area contributed by atoms with Crippen LogP contribution in [0.25, 0.3) is 11.4 Å². The standard InChI is InChI=1S/C25H27ClN4O/c1-17-6-10-21(24-27-12-4-13-28-24)22(15-17)25(31)30-14-3-5-18(2)23(30)11-9-20-8-7-19(26)16-29-20/h4,6-8,10,12-13,15-16,18,23H,3,5,9,11,14H2,1-2H3/t18-,23-/m1/s1. The molecular formula is C25H27ClN4O. The second-order valence-electron chi connectivity index (χ2n) is 8.31. The summed E-state index contributed by atoms with van der Waals surface area (Å²) in [5, 5.41) is 0.640. The number of rotatable bonds is 5. The SMILES string of the molecule is Cc1ccc(-c2ncccn2)c(C(=O)N2CCC[C@@H](C)[C@H]2CCc2ccc(Cl)cn2)c1. The van der Waals surface area contributed by atoms with Gasteiger partial charge in [0, 0.05) is 42.4 Å². The molecule has 1 aliphatic heterocycles. The van der Waals surface area contributed by atoms with Gasteiger partial charge in [0.2, 0.25) is 0 Å². The van der Waals surface area contributed by atoms with Crippen LogP contribution >= 0.6 is 11.6 Å². The fraction of sp³-hybridized carbons (Fsp3) is 0.360. The minimum absolute atomic E-state index is 0.0618. The zero-order valence-corrected chi connectivity index (χ0v) is 18.7. The number of benzene rings is 1. The van der Waals surface area contributed by atoms with Crippen LogP contribution in [-0.2, 0) is 6.42 Å². The minimum atomic E-state index is 0.0618. The molecule has 0 N–H and O–H groups in total. The smallest absolute Gasteiger partial charge is 0.254 e. The van der Waals surface area contributed by atoms with Gasteiger partial charge in [0.15, 0.2) is 5.82 Å². The van der Waals surface area contributed by atoms with E-state index in [-0.39, 0.29) is 11.9 Å². The van der Waals surface area contributed by atoms with E-state index in [1.54, 1.807) is 24.7 Å². The van der Waals surface area contributed by atoms with E-state index in [9.17, 15) is 4.79 Å². The first kappa shape index (κ1) is 21.4. The van der Waals surface area contributed by atoms with Crippen molar-refractivity contribution in [2.75, 3.05) is 6.54 Å². The Morgan fingerprint density at radius 2 is 1.97 bits per heavy atom. The van der Waals surface area contributed by atoms with E-state index in [0.29, 0.717) is 22.3 Å². The Balaban J connectivity index is 1.61. The molecule has 31 heavy (non-hydrogen) atoms. The zero-order chi connectivity index (χ0) is 21.8. The third-order valence-electron chi connectivity index (χ3n) is 6.07. The third kappa shape index (κ3) is 4.93. The molecule has 1 aliphatic rings. The van der Waals surface area contributed by atoms with Crippen molar-refractivity contribution in [2.24, 2.45) is 5.92 Å². The first-order valence-electron chi connectivity index (χ1n) is 10.8. The summed E-state index contributed by atoms with van der Waals surface area (Å²) >= 11 is 5.97. The number of carbonyl (C=O) groups is 1. The summed E-state index contributed by atoms with van der Waals surface area (Å²) in [5.74, 6) is 1.08. The van der Waals surface area contributed by atoms with Crippen LogP contribution in [0.3, 0.4) is 0 Å². The number of likely N-dealkylation sites (tertiary alicyclic amines) is 1. The lowest BCUT2D eigenvalue weighted by Crippen LogP contribution is -2.48. The predicted octanol–water partition coefficient (Wildman–Crippen LogP) is 5.37. The van der Waals surface area contributed by atoms with Crippen LogP contribution in [0, 0.1) is 12.8 Å². The van der Waals surface area contributed by atoms with Gasteiger partial charge in [-0.2, -0.15) is 0 Å². The third-order valence-corrected chi connectivity index (χ3v) is 6.30. The van der Waals surface area contributed by atoms with Crippen LogP contribution < -0.4 is 0 Å². The van der Waals surface area contributed by atoms with Crippen LogP contribution in [-0.4, -0.2) is 38.3 Å². The van der Waals surface area contributed by atoms with Crippen molar-refractivity contribution < 1.29 is 4.79 Å². The monoisotopic (exact) mass is 434 g/mol. The first-order chi connectivity index (χ1) is 15.0. The molecule has 1 amide bonds. The number of aryl methyl sites for hydroxylation is 2. The molecular weight excluding hydrogens is 408 g/mol. The van der Waals surface area contributed by atoms with Gasteiger partial charge in [-0.3, -0.25) is 9.78 Å². The van der Waals surface area contributed by atoms with Crippen LogP contribution in [0.4, 0.5) is 0 Å². The van der Waals surface area contributed by atoms with Crippen molar-refractivity contribution in [1.82, 2.24) is 19.9 Å². The highest BCUT2D eigenvalue weighted by Crippen LogP contribution is 2.31. The summed E-state index contributed by atoms with van der Waals surface area (Å²) in [5.41, 5.74) is 3.51. The van der Waals surface area contributed by atoms with E-state index >= 15 is 0 Å². The topological polar surface area (TPSA) is 59.0 Å². The second kappa shape index (κ2) is 9.56. The summed E-state index contributed by atoms with van der Waals surface area (Å²) in [6, 6.07) is 11.7. The molecule has 5 nitrogen and oxygen atoms in total. The summed E-state index contributed by atoms with van der Waals surface area (Å²) < 4.78 is 0. The number of aromatic nitrogens is 3. The van der Waals surface area contributed by atoms with Gasteiger partial charge in [-0.25, -0.2) is 9.97 Å². The molecule has 1 saturated heterocycles. The highest BCUT2D eigenvalue weighted by molar-refractivity contribution is 6.30. The maximum Gasteiger partial charge on any atom is 0.254 e. The Kier molecular flexibility index (Phi) is 6.62. The molecule has 0 saturated carbocycles. The number of amides is 1. The van der Waals surface area contributed by atoms with Gasteiger partial charge in [0.25, 0.3) is 5.91 Å². The van der Waals surface area contributed by atoms with E-state index < -0.39 is 0 Å². The molecule has 0 spiro atoms. The minimum Gasteiger partial charge on any atom is -0.335 e. The molecule has 3 heterocycles. The predicted molar refractivity (Wildman–Crippen MR) is 123 cm³/mol. The van der Waals surface area contributed by atoms with Crippen LogP contribution in [0.1, 0.15) is 47.8 Å². The van der Waals surface area contributed by atoms with E-state index in [1.807, 2.05) is 37.3 Å². The normalized spacial score (nSPS) is 18.7. The highest BCUT2D eigenvalue weighted by Gasteiger charge is 2.33. The van der Waals surface area contributed by atoms with Crippen molar-refractivity contribution >= 4 is 17.5 Å². The van der Waals surface area contributed by atoms with E-state index in [0.717, 1.165) is 49.0 Å². The second-order valence-corrected chi connectivity index (χ2v) is 8.75. The van der Waals surface area contributed by atoms with Gasteiger partial charge >= 0.3 is 0 Å². The molecule has 2 aromatic heterocycles. The van der Waals surface area contributed by atoms with Gasteiger partial charge in [-0.1, -0.05) is 36.2 Å². The number of halogens is 1. The Morgan fingerprint density at radius 1 is 1.16 bits per heavy atom. The number of piperidine rings is 1. The Morgan fingerprint density at radius 3 is 2.71 bits per heavy atom. The molecule has 0 radical (unpaired) electrons. The van der Waals surface area contributed by atoms with Crippen molar-refractivity contribution in [1.29, 1.82) is 0 Å². The molecule has 4 rings (SSSR count). The Labute approximate surface area is 188 Å². The molecule has 0 aliphatic carbocycles. The number of carbonyl (C=O) groups excluding carboxylic acids is 1. The molecule has 1 aromatic carbocycles. The van der Waals surface area contributed by atoms with Crippen LogP contribution in [0.15, 0.2) is 55.0 Å². The van der Waals surface area contributed by atoms with Crippen molar-refractivity contribution in [3.8, 4) is 11.4 Å². The fourth-order valence-corrected chi connectivity index (χ4v) is 4.53. The maximum absolute atomic E-state index is 13.8. The average molecular weight is 435 g/mol. The molecule has 2 atom stereocenters. The van der Waals surface area contributed by atoms with Crippen LogP contribution in [0.2, 0.25) is 5.02 Å². The molecule has 1 fully saturated rings. The van der Waals surface area contributed by atoms with Gasteiger partial charge in [-0.05, 0) is 62.8 Å². The fourth-order valence-electron chi connectivity index (χ4n) is 4.41. The quantitative estimate of drug-likeness (QED) is 0.541. The lowest BCUT2D eigenvalue weighted by Gasteiger charge is -2.40. The summed E-state index contributed by atoms with van der Waals surface area (Å²) in [6.45, 7) is 5.02. The maximum atomic E-state index is 13.8. The summed E-state index contributed by atoms with van der Waals surface area (Å²) in [6.07, 6.45) is 8.95. The number of hydrogen-bond acceptors (Lipinski definition) is 4.